The molecule has 0 aliphatic rings. The topological polar surface area (TPSA) is 73.1 Å². The molecule has 0 unspecified atom stereocenters. The number of anilines is 1. The van der Waals surface area contributed by atoms with Crippen LogP contribution in [0.2, 0.25) is 5.02 Å². The fraction of sp³-hybridized carbons (Fsp3) is 0.278. The van der Waals surface area contributed by atoms with E-state index in [2.05, 4.69) is 5.32 Å². The molecule has 1 N–H and O–H groups in total. The monoisotopic (exact) mass is 409 g/mol. The van der Waals surface area contributed by atoms with E-state index in [4.69, 9.17) is 11.6 Å². The Balaban J connectivity index is 1.96. The molecule has 2 aromatic heterocycles. The van der Waals surface area contributed by atoms with E-state index in [1.54, 1.807) is 11.4 Å². The molecule has 0 radical (unpaired) electrons. The van der Waals surface area contributed by atoms with Crippen molar-refractivity contribution in [1.82, 2.24) is 9.13 Å². The summed E-state index contributed by atoms with van der Waals surface area (Å²) in [4.78, 5) is 37.7. The van der Waals surface area contributed by atoms with Gasteiger partial charge >= 0.3 is 5.69 Å². The maximum absolute atomic E-state index is 13.9. The lowest BCUT2D eigenvalue weighted by molar-refractivity contribution is -0.116. The maximum Gasteiger partial charge on any atom is 0.332 e. The molecule has 3 rings (SSSR count). The van der Waals surface area contributed by atoms with Crippen LogP contribution in [0.4, 0.5) is 10.1 Å². The van der Waals surface area contributed by atoms with Crippen LogP contribution in [-0.4, -0.2) is 15.0 Å². The van der Waals surface area contributed by atoms with Gasteiger partial charge in [0.05, 0.1) is 11.2 Å². The lowest BCUT2D eigenvalue weighted by Crippen LogP contribution is -2.41. The van der Waals surface area contributed by atoms with Crippen molar-refractivity contribution in [3.8, 4) is 0 Å². The van der Waals surface area contributed by atoms with Crippen LogP contribution in [0.3, 0.4) is 0 Å². The molecule has 27 heavy (non-hydrogen) atoms. The summed E-state index contributed by atoms with van der Waals surface area (Å²) < 4.78 is 16.7. The highest BCUT2D eigenvalue weighted by molar-refractivity contribution is 7.17. The predicted octanol–water partition coefficient (Wildman–Crippen LogP) is 3.46. The Kier molecular flexibility index (Phi) is 5.76. The molecule has 0 saturated carbocycles. The first-order chi connectivity index (χ1) is 12.9. The number of rotatable bonds is 6. The van der Waals surface area contributed by atoms with Crippen molar-refractivity contribution < 1.29 is 9.18 Å². The number of nitrogens with one attached hydrogen (secondary N) is 1. The first-order valence-electron chi connectivity index (χ1n) is 8.38. The van der Waals surface area contributed by atoms with Crippen LogP contribution in [0, 0.1) is 5.82 Å². The van der Waals surface area contributed by atoms with Gasteiger partial charge in [-0.2, -0.15) is 0 Å². The SMILES string of the molecule is CCCCn1c(=O)c2sccc2n(CC(=O)Nc2ccc(Cl)cc2F)c1=O. The summed E-state index contributed by atoms with van der Waals surface area (Å²) in [5.41, 5.74) is -0.530. The lowest BCUT2D eigenvalue weighted by atomic mass is 10.3. The van der Waals surface area contributed by atoms with Gasteiger partial charge in [-0.15, -0.1) is 11.3 Å². The molecule has 0 aliphatic carbocycles. The first-order valence-corrected chi connectivity index (χ1v) is 9.64. The van der Waals surface area contributed by atoms with E-state index in [-0.39, 0.29) is 29.4 Å². The molecule has 0 aliphatic heterocycles. The molecule has 0 saturated heterocycles. The van der Waals surface area contributed by atoms with Gasteiger partial charge in [0.25, 0.3) is 5.56 Å². The first kappa shape index (κ1) is 19.3. The van der Waals surface area contributed by atoms with E-state index in [0.717, 1.165) is 17.1 Å². The van der Waals surface area contributed by atoms with Gasteiger partial charge in [-0.05, 0) is 36.1 Å². The number of hydrogen-bond donors (Lipinski definition) is 1. The minimum absolute atomic E-state index is 0.0293. The number of nitrogens with zero attached hydrogens (tertiary/aromatic N) is 2. The molecule has 2 heterocycles. The van der Waals surface area contributed by atoms with Gasteiger partial charge in [0.1, 0.15) is 17.1 Å². The maximum atomic E-state index is 13.9. The summed E-state index contributed by atoms with van der Waals surface area (Å²) in [7, 11) is 0. The molecule has 0 spiro atoms. The number of aromatic nitrogens is 2. The zero-order valence-electron chi connectivity index (χ0n) is 14.5. The van der Waals surface area contributed by atoms with Gasteiger partial charge in [0.15, 0.2) is 0 Å². The number of fused-ring (bicyclic) bond motifs is 1. The standard InChI is InChI=1S/C18H17ClFN3O3S/c1-2-3-7-22-17(25)16-14(6-8-27-16)23(18(22)26)10-15(24)21-13-5-4-11(19)9-12(13)20/h4-6,8-9H,2-3,7,10H2,1H3,(H,21,24). The molecule has 1 amide bonds. The number of carbonyl (C=O) groups excluding carboxylic acids is 1. The molecule has 1 aromatic carbocycles. The fourth-order valence-electron chi connectivity index (χ4n) is 2.72. The highest BCUT2D eigenvalue weighted by Crippen LogP contribution is 2.19. The van der Waals surface area contributed by atoms with Crippen molar-refractivity contribution in [2.24, 2.45) is 0 Å². The van der Waals surface area contributed by atoms with Crippen LogP contribution in [0.25, 0.3) is 10.2 Å². The van der Waals surface area contributed by atoms with E-state index >= 15 is 0 Å². The number of amides is 1. The normalized spacial score (nSPS) is 11.1. The second-order valence-electron chi connectivity index (χ2n) is 5.99. The van der Waals surface area contributed by atoms with Crippen molar-refractivity contribution in [2.45, 2.75) is 32.9 Å². The number of unbranched alkanes of at least 4 members (excludes halogenated alkanes) is 1. The van der Waals surface area contributed by atoms with Crippen molar-refractivity contribution in [3.05, 3.63) is 61.3 Å². The number of thiophene rings is 1. The van der Waals surface area contributed by atoms with Gasteiger partial charge in [-0.1, -0.05) is 24.9 Å². The highest BCUT2D eigenvalue weighted by atomic mass is 35.5. The van der Waals surface area contributed by atoms with Crippen molar-refractivity contribution in [3.63, 3.8) is 0 Å². The number of benzene rings is 1. The van der Waals surface area contributed by atoms with E-state index in [1.165, 1.54) is 28.0 Å². The fourth-order valence-corrected chi connectivity index (χ4v) is 3.73. The van der Waals surface area contributed by atoms with E-state index in [1.807, 2.05) is 6.92 Å². The van der Waals surface area contributed by atoms with E-state index < -0.39 is 17.4 Å². The molecular formula is C18H17ClFN3O3S. The summed E-state index contributed by atoms with van der Waals surface area (Å²) in [6.07, 6.45) is 1.50. The largest absolute Gasteiger partial charge is 0.332 e. The minimum Gasteiger partial charge on any atom is -0.322 e. The van der Waals surface area contributed by atoms with Crippen molar-refractivity contribution >= 4 is 44.7 Å². The average Bonchev–Trinajstić information content (AvgIpc) is 3.11. The average molecular weight is 410 g/mol. The molecule has 0 fully saturated rings. The predicted molar refractivity (Wildman–Crippen MR) is 105 cm³/mol. The molecule has 142 valence electrons. The Morgan fingerprint density at radius 1 is 1.26 bits per heavy atom. The van der Waals surface area contributed by atoms with Gasteiger partial charge in [-0.3, -0.25) is 18.7 Å². The quantitative estimate of drug-likeness (QED) is 0.677. The molecule has 9 heteroatoms. The highest BCUT2D eigenvalue weighted by Gasteiger charge is 2.17. The zero-order chi connectivity index (χ0) is 19.6. The third-order valence-corrected chi connectivity index (χ3v) is 5.21. The zero-order valence-corrected chi connectivity index (χ0v) is 16.1. The summed E-state index contributed by atoms with van der Waals surface area (Å²) in [6, 6.07) is 5.52. The molecular weight excluding hydrogens is 393 g/mol. The summed E-state index contributed by atoms with van der Waals surface area (Å²) in [6.45, 7) is 1.91. The van der Waals surface area contributed by atoms with Crippen molar-refractivity contribution in [1.29, 1.82) is 0 Å². The van der Waals surface area contributed by atoms with Crippen molar-refractivity contribution in [2.75, 3.05) is 5.32 Å². The molecule has 6 nitrogen and oxygen atoms in total. The Hall–Kier alpha value is -2.45. The molecule has 3 aromatic rings. The Morgan fingerprint density at radius 2 is 2.04 bits per heavy atom. The Labute approximate surface area is 162 Å². The van der Waals surface area contributed by atoms with Crippen LogP contribution < -0.4 is 16.6 Å². The third kappa shape index (κ3) is 3.96. The number of carbonyl (C=O) groups is 1. The van der Waals surface area contributed by atoms with Gasteiger partial charge in [0.2, 0.25) is 5.91 Å². The second kappa shape index (κ2) is 8.06. The van der Waals surface area contributed by atoms with Gasteiger partial charge in [-0.25, -0.2) is 9.18 Å². The van der Waals surface area contributed by atoms with Crippen LogP contribution in [0.5, 0.6) is 0 Å². The van der Waals surface area contributed by atoms with Crippen LogP contribution in [-0.2, 0) is 17.9 Å². The number of hydrogen-bond acceptors (Lipinski definition) is 4. The van der Waals surface area contributed by atoms with Crippen LogP contribution >= 0.6 is 22.9 Å². The van der Waals surface area contributed by atoms with Crippen LogP contribution in [0.1, 0.15) is 19.8 Å². The minimum atomic E-state index is -0.670. The Bertz CT molecular complexity index is 1120. The van der Waals surface area contributed by atoms with Gasteiger partial charge < -0.3 is 5.32 Å². The molecule has 0 bridgehead atoms. The van der Waals surface area contributed by atoms with Gasteiger partial charge in [0, 0.05) is 11.6 Å². The Morgan fingerprint density at radius 3 is 2.74 bits per heavy atom. The summed E-state index contributed by atoms with van der Waals surface area (Å²) in [5.74, 6) is -1.25. The molecule has 0 atom stereocenters. The van der Waals surface area contributed by atoms with E-state index in [0.29, 0.717) is 16.6 Å². The lowest BCUT2D eigenvalue weighted by Gasteiger charge is -2.12. The third-order valence-electron chi connectivity index (χ3n) is 4.08. The van der Waals surface area contributed by atoms with E-state index in [9.17, 15) is 18.8 Å². The number of halogens is 2. The smallest absolute Gasteiger partial charge is 0.322 e. The second-order valence-corrected chi connectivity index (χ2v) is 7.34. The van der Waals surface area contributed by atoms with Crippen LogP contribution in [0.15, 0.2) is 39.2 Å². The summed E-state index contributed by atoms with van der Waals surface area (Å²) >= 11 is 6.92. The summed E-state index contributed by atoms with van der Waals surface area (Å²) in [5, 5.41) is 4.34.